The summed E-state index contributed by atoms with van der Waals surface area (Å²) in [6, 6.07) is 32.4. The van der Waals surface area contributed by atoms with Crippen molar-refractivity contribution in [3.63, 3.8) is 0 Å². The van der Waals surface area contributed by atoms with E-state index in [0.717, 1.165) is 17.0 Å². The summed E-state index contributed by atoms with van der Waals surface area (Å²) in [5, 5.41) is 9.70. The molecule has 4 aromatic carbocycles. The van der Waals surface area contributed by atoms with Crippen molar-refractivity contribution < 1.29 is 26.0 Å². The van der Waals surface area contributed by atoms with E-state index in [9.17, 15) is 4.79 Å². The number of nitrogens with zero attached hydrogens (tertiary/aromatic N) is 4. The van der Waals surface area contributed by atoms with E-state index in [2.05, 4.69) is 0 Å². The molecule has 0 saturated carbocycles. The van der Waals surface area contributed by atoms with Gasteiger partial charge in [-0.2, -0.15) is 5.70 Å². The molecular weight excluding hydrogens is 579 g/mol. The van der Waals surface area contributed by atoms with Crippen molar-refractivity contribution in [1.82, 2.24) is 0 Å². The molecule has 0 spiro atoms. The monoisotopic (exact) mass is 610 g/mol. The molecule has 1 aliphatic heterocycles. The van der Waals surface area contributed by atoms with Crippen LogP contribution in [-0.2, 0) is 23.1 Å². The number of carbonyl (C=O) groups excluding carboxylic acids is 1. The van der Waals surface area contributed by atoms with Gasteiger partial charge in [0.1, 0.15) is 12.4 Å². The molecule has 7 heteroatoms. The Balaban J connectivity index is 0.00000423. The van der Waals surface area contributed by atoms with E-state index in [-0.39, 0.29) is 22.3 Å². The maximum atomic E-state index is 14.1. The van der Waals surface area contributed by atoms with Crippen molar-refractivity contribution in [3.8, 4) is 5.75 Å². The Morgan fingerprint density at radius 2 is 1.28 bits per heavy atom. The third kappa shape index (κ3) is 7.97. The van der Waals surface area contributed by atoms with Gasteiger partial charge in [0, 0.05) is 33.9 Å². The fourth-order valence-electron chi connectivity index (χ4n) is 4.70. The van der Waals surface area contributed by atoms with Gasteiger partial charge in [-0.15, -0.1) is 17.1 Å². The van der Waals surface area contributed by atoms with Crippen LogP contribution in [0.25, 0.3) is 10.6 Å². The maximum Gasteiger partial charge on any atom is 2.00 e. The van der Waals surface area contributed by atoms with Gasteiger partial charge in [-0.25, -0.2) is 0 Å². The van der Waals surface area contributed by atoms with Crippen molar-refractivity contribution in [3.05, 3.63) is 148 Å². The van der Waals surface area contributed by atoms with E-state index >= 15 is 0 Å². The van der Waals surface area contributed by atoms with Crippen LogP contribution in [-0.4, -0.2) is 17.2 Å². The van der Waals surface area contributed by atoms with E-state index in [1.165, 1.54) is 0 Å². The summed E-state index contributed by atoms with van der Waals surface area (Å²) in [5.74, 6) is 0.505. The molecule has 1 aliphatic rings. The first-order valence-corrected chi connectivity index (χ1v) is 13.8. The van der Waals surface area contributed by atoms with Crippen molar-refractivity contribution in [2.45, 2.75) is 34.3 Å². The minimum absolute atomic E-state index is 0. The van der Waals surface area contributed by atoms with Crippen LogP contribution in [0.4, 0.5) is 22.7 Å². The number of fused-ring (bicyclic) bond motifs is 2. The van der Waals surface area contributed by atoms with E-state index in [1.807, 2.05) is 125 Å². The zero-order valence-corrected chi connectivity index (χ0v) is 25.5. The molecule has 0 aliphatic carbocycles. The van der Waals surface area contributed by atoms with Crippen molar-refractivity contribution >= 4 is 40.0 Å². The zero-order chi connectivity index (χ0) is 29.5. The smallest absolute Gasteiger partial charge is 0.660 e. The van der Waals surface area contributed by atoms with Crippen molar-refractivity contribution in [2.75, 3.05) is 0 Å². The molecule has 0 radical (unpaired) electrons. The van der Waals surface area contributed by atoms with E-state index in [1.54, 1.807) is 12.1 Å². The molecule has 1 heterocycles. The minimum atomic E-state index is -0.179. The third-order valence-corrected chi connectivity index (χ3v) is 6.67. The molecule has 6 nitrogen and oxygen atoms in total. The van der Waals surface area contributed by atoms with Gasteiger partial charge in [-0.1, -0.05) is 86.7 Å². The number of para-hydroxylation sites is 4. The van der Waals surface area contributed by atoms with Crippen LogP contribution in [0.5, 0.6) is 5.75 Å². The number of hydrogen-bond donors (Lipinski definition) is 0. The molecule has 0 aromatic heterocycles. The van der Waals surface area contributed by atoms with Gasteiger partial charge < -0.3 is 15.4 Å². The van der Waals surface area contributed by atoms with Gasteiger partial charge in [0.05, 0.1) is 0 Å². The number of ketones is 1. The number of benzene rings is 4. The molecule has 0 N–H and O–H groups in total. The second-order valence-corrected chi connectivity index (χ2v) is 10.0. The van der Waals surface area contributed by atoms with Gasteiger partial charge in [-0.3, -0.25) is 14.8 Å². The first-order valence-electron chi connectivity index (χ1n) is 13.8. The second-order valence-electron chi connectivity index (χ2n) is 10.0. The molecule has 4 aromatic rings. The summed E-state index contributed by atoms with van der Waals surface area (Å²) >= 11 is 0. The summed E-state index contributed by atoms with van der Waals surface area (Å²) in [7, 11) is 0. The minimum Gasteiger partial charge on any atom is -0.660 e. The first kappa shape index (κ1) is 31.2. The molecular formula is C36H32N4NiO2. The van der Waals surface area contributed by atoms with Gasteiger partial charge >= 0.3 is 16.5 Å². The molecule has 0 unspecified atom stereocenters. The van der Waals surface area contributed by atoms with Crippen LogP contribution in [0.2, 0.25) is 0 Å². The quantitative estimate of drug-likeness (QED) is 0.166. The summed E-state index contributed by atoms with van der Waals surface area (Å²) in [6.07, 6.45) is 1.93. The molecule has 43 heavy (non-hydrogen) atoms. The molecule has 0 bridgehead atoms. The Morgan fingerprint density at radius 3 is 1.95 bits per heavy atom. The SMILES string of the molecule is CC1=Nc2ccccc2[N-]/C(C)=C(/C(=O)c2ccc(OCc3ccccc3)cc2)C(C)=Nc2ccccc2[N-]/C(C)=C\1.[Ni+2]. The second kappa shape index (κ2) is 14.4. The van der Waals surface area contributed by atoms with Gasteiger partial charge in [-0.05, 0) is 55.8 Å². The topological polar surface area (TPSA) is 79.2 Å². The van der Waals surface area contributed by atoms with Crippen LogP contribution < -0.4 is 4.74 Å². The normalized spacial score (nSPS) is 16.2. The van der Waals surface area contributed by atoms with Crippen LogP contribution in [0.15, 0.2) is 136 Å². The average molecular weight is 611 g/mol. The molecule has 0 fully saturated rings. The predicted molar refractivity (Wildman–Crippen MR) is 172 cm³/mol. The Kier molecular flexibility index (Phi) is 10.5. The Bertz CT molecular complexity index is 1720. The predicted octanol–water partition coefficient (Wildman–Crippen LogP) is 10.2. The summed E-state index contributed by atoms with van der Waals surface area (Å²) in [4.78, 5) is 23.8. The Hall–Kier alpha value is -4.74. The number of hydrogen-bond acceptors (Lipinski definition) is 4. The largest absolute Gasteiger partial charge is 2.00 e. The Labute approximate surface area is 263 Å². The molecule has 218 valence electrons. The molecule has 5 rings (SSSR count). The number of rotatable bonds is 5. The van der Waals surface area contributed by atoms with Crippen LogP contribution in [0, 0.1) is 0 Å². The van der Waals surface area contributed by atoms with E-state index in [0.29, 0.717) is 57.7 Å². The van der Waals surface area contributed by atoms with Crippen LogP contribution in [0.3, 0.4) is 0 Å². The van der Waals surface area contributed by atoms with E-state index < -0.39 is 0 Å². The van der Waals surface area contributed by atoms with Gasteiger partial charge in [0.2, 0.25) is 0 Å². The number of aliphatic imine (C=N–C) groups is 2. The van der Waals surface area contributed by atoms with Gasteiger partial charge in [0.25, 0.3) is 0 Å². The molecule has 0 saturated heterocycles. The standard InChI is InChI=1S/C36H33N4O2.Ni/c1-24-22-25(2)38-32-15-9-11-17-34(32)40-27(4)35(26(3)39-33-16-10-8-14-31(33)37-24)36(41)29-18-20-30(21-19-29)42-23-28-12-6-5-7-13-28;/h5-22H,23H2,1-4H3,(H-,37,38,39,40,41);/q-1;+2/p-1. The summed E-state index contributed by atoms with van der Waals surface area (Å²) in [6.45, 7) is 7.98. The van der Waals surface area contributed by atoms with Gasteiger partial charge in [0.15, 0.2) is 5.78 Å². The number of carbonyl (C=O) groups is 1. The number of ether oxygens (including phenoxy) is 1. The van der Waals surface area contributed by atoms with Crippen molar-refractivity contribution in [1.29, 1.82) is 0 Å². The third-order valence-electron chi connectivity index (χ3n) is 6.67. The van der Waals surface area contributed by atoms with Crippen LogP contribution in [0.1, 0.15) is 43.6 Å². The molecule has 0 amide bonds. The number of allylic oxidation sites excluding steroid dienone is 4. The number of Topliss-reactive ketones (excluding diaryl/α,β-unsaturated/α-hetero) is 1. The summed E-state index contributed by atoms with van der Waals surface area (Å²) < 4.78 is 5.93. The van der Waals surface area contributed by atoms with Crippen LogP contribution >= 0.6 is 0 Å². The van der Waals surface area contributed by atoms with Crippen molar-refractivity contribution in [2.24, 2.45) is 9.98 Å². The fourth-order valence-corrected chi connectivity index (χ4v) is 4.70. The molecule has 0 atom stereocenters. The average Bonchev–Trinajstić information content (AvgIpc) is 2.98. The summed E-state index contributed by atoms with van der Waals surface area (Å²) in [5.41, 5.74) is 7.42. The fraction of sp³-hybridized carbons (Fsp3) is 0.139. The zero-order valence-electron chi connectivity index (χ0n) is 24.5. The Morgan fingerprint density at radius 1 is 0.698 bits per heavy atom. The maximum absolute atomic E-state index is 14.1. The van der Waals surface area contributed by atoms with E-state index in [4.69, 9.17) is 25.4 Å². The first-order chi connectivity index (χ1) is 20.4.